The van der Waals surface area contributed by atoms with Crippen LogP contribution >= 0.6 is 0 Å². The second-order valence-corrected chi connectivity index (χ2v) is 11.7. The number of rotatable bonds is 12. The highest BCUT2D eigenvalue weighted by Crippen LogP contribution is 2.25. The predicted molar refractivity (Wildman–Crippen MR) is 153 cm³/mol. The Morgan fingerprint density at radius 1 is 0.923 bits per heavy atom. The predicted octanol–water partition coefficient (Wildman–Crippen LogP) is 4.39. The summed E-state index contributed by atoms with van der Waals surface area (Å²) in [6, 6.07) is 21.4. The molecule has 39 heavy (non-hydrogen) atoms. The van der Waals surface area contributed by atoms with E-state index >= 15 is 0 Å². The highest BCUT2D eigenvalue weighted by atomic mass is 32.2. The number of carbonyl (C=O) groups is 2. The lowest BCUT2D eigenvalue weighted by Crippen LogP contribution is -2.51. The number of para-hydroxylation sites is 1. The molecule has 0 bridgehead atoms. The molecule has 2 amide bonds. The van der Waals surface area contributed by atoms with Gasteiger partial charge in [0.2, 0.25) is 11.8 Å². The molecule has 0 radical (unpaired) electrons. The van der Waals surface area contributed by atoms with Crippen molar-refractivity contribution in [2.75, 3.05) is 24.5 Å². The van der Waals surface area contributed by atoms with Crippen molar-refractivity contribution >= 4 is 27.5 Å². The van der Waals surface area contributed by atoms with Gasteiger partial charge in [0.25, 0.3) is 10.0 Å². The van der Waals surface area contributed by atoms with Crippen LogP contribution in [-0.4, -0.2) is 51.4 Å². The van der Waals surface area contributed by atoms with E-state index < -0.39 is 28.5 Å². The number of amides is 2. The van der Waals surface area contributed by atoms with Crippen molar-refractivity contribution in [1.29, 1.82) is 0 Å². The number of sulfonamides is 1. The third-order valence-corrected chi connectivity index (χ3v) is 8.06. The van der Waals surface area contributed by atoms with Gasteiger partial charge in [0.15, 0.2) is 0 Å². The van der Waals surface area contributed by atoms with Crippen LogP contribution in [0.2, 0.25) is 0 Å². The fourth-order valence-corrected chi connectivity index (χ4v) is 5.38. The standard InChI is InChI=1S/C30H37N3O5S/c1-22(2)19-31-30(35)24(4)32(20-25-10-9-13-27(18-25)38-5)29(34)21-33(26-11-7-6-8-12-26)39(36,37)28-16-14-23(3)15-17-28/h6-18,22,24H,19-21H2,1-5H3,(H,31,35). The van der Waals surface area contributed by atoms with Crippen LogP contribution in [0.5, 0.6) is 5.75 Å². The van der Waals surface area contributed by atoms with Crippen LogP contribution in [0.15, 0.2) is 83.8 Å². The van der Waals surface area contributed by atoms with Gasteiger partial charge in [-0.1, -0.05) is 61.9 Å². The molecule has 3 aromatic carbocycles. The molecule has 0 aliphatic rings. The maximum atomic E-state index is 13.9. The number of hydrogen-bond acceptors (Lipinski definition) is 5. The number of methoxy groups -OCH3 is 1. The topological polar surface area (TPSA) is 96.0 Å². The van der Waals surface area contributed by atoms with Crippen LogP contribution in [0.4, 0.5) is 5.69 Å². The number of ether oxygens (including phenoxy) is 1. The van der Waals surface area contributed by atoms with Crippen molar-refractivity contribution < 1.29 is 22.7 Å². The third kappa shape index (κ3) is 7.83. The van der Waals surface area contributed by atoms with Crippen molar-refractivity contribution in [3.8, 4) is 5.75 Å². The van der Waals surface area contributed by atoms with Crippen LogP contribution in [0.3, 0.4) is 0 Å². The molecule has 0 aliphatic heterocycles. The number of carbonyl (C=O) groups excluding carboxylic acids is 2. The molecule has 1 N–H and O–H groups in total. The maximum Gasteiger partial charge on any atom is 0.264 e. The summed E-state index contributed by atoms with van der Waals surface area (Å²) in [6.45, 7) is 7.56. The summed E-state index contributed by atoms with van der Waals surface area (Å²) >= 11 is 0. The highest BCUT2D eigenvalue weighted by molar-refractivity contribution is 7.92. The fourth-order valence-electron chi connectivity index (χ4n) is 3.96. The summed E-state index contributed by atoms with van der Waals surface area (Å²) in [5, 5.41) is 2.88. The summed E-state index contributed by atoms with van der Waals surface area (Å²) < 4.78 is 34.0. The average molecular weight is 552 g/mol. The Bertz CT molecular complexity index is 1360. The van der Waals surface area contributed by atoms with E-state index in [1.807, 2.05) is 26.8 Å². The molecule has 0 saturated heterocycles. The van der Waals surface area contributed by atoms with Gasteiger partial charge in [0.1, 0.15) is 18.3 Å². The largest absolute Gasteiger partial charge is 0.497 e. The van der Waals surface area contributed by atoms with E-state index in [0.29, 0.717) is 18.0 Å². The summed E-state index contributed by atoms with van der Waals surface area (Å²) in [4.78, 5) is 28.4. The van der Waals surface area contributed by atoms with E-state index in [9.17, 15) is 18.0 Å². The van der Waals surface area contributed by atoms with E-state index in [4.69, 9.17) is 4.74 Å². The molecule has 3 rings (SSSR count). The first-order valence-electron chi connectivity index (χ1n) is 12.9. The first kappa shape index (κ1) is 29.7. The molecule has 1 atom stereocenters. The molecule has 0 aliphatic carbocycles. The molecule has 3 aromatic rings. The van der Waals surface area contributed by atoms with Crippen molar-refractivity contribution in [3.63, 3.8) is 0 Å². The molecule has 0 fully saturated rings. The van der Waals surface area contributed by atoms with Gasteiger partial charge in [0, 0.05) is 13.1 Å². The van der Waals surface area contributed by atoms with Crippen LogP contribution in [-0.2, 0) is 26.2 Å². The highest BCUT2D eigenvalue weighted by Gasteiger charge is 2.32. The molecule has 0 saturated carbocycles. The van der Waals surface area contributed by atoms with Crippen molar-refractivity contribution in [3.05, 3.63) is 90.0 Å². The van der Waals surface area contributed by atoms with Crippen molar-refractivity contribution in [2.45, 2.75) is 45.2 Å². The SMILES string of the molecule is COc1cccc(CN(C(=O)CN(c2ccccc2)S(=O)(=O)c2ccc(C)cc2)C(C)C(=O)NCC(C)C)c1. The Morgan fingerprint density at radius 3 is 2.21 bits per heavy atom. The van der Waals surface area contributed by atoms with E-state index in [0.717, 1.165) is 15.4 Å². The monoisotopic (exact) mass is 551 g/mol. The molecule has 1 unspecified atom stereocenters. The van der Waals surface area contributed by atoms with Crippen molar-refractivity contribution in [2.24, 2.45) is 5.92 Å². The van der Waals surface area contributed by atoms with Crippen molar-refractivity contribution in [1.82, 2.24) is 10.2 Å². The Kier molecular flexibility index (Phi) is 10.1. The molecule has 9 heteroatoms. The Hall–Kier alpha value is -3.85. The van der Waals surface area contributed by atoms with Gasteiger partial charge in [-0.25, -0.2) is 8.42 Å². The van der Waals surface area contributed by atoms with Gasteiger partial charge in [0.05, 0.1) is 17.7 Å². The first-order chi connectivity index (χ1) is 18.5. The smallest absolute Gasteiger partial charge is 0.264 e. The second-order valence-electron chi connectivity index (χ2n) is 9.85. The Labute approximate surface area is 231 Å². The lowest BCUT2D eigenvalue weighted by Gasteiger charge is -2.32. The van der Waals surface area contributed by atoms with E-state index in [1.165, 1.54) is 17.0 Å². The van der Waals surface area contributed by atoms with Gasteiger partial charge >= 0.3 is 0 Å². The zero-order valence-electron chi connectivity index (χ0n) is 23.1. The lowest BCUT2D eigenvalue weighted by molar-refractivity contribution is -0.139. The lowest BCUT2D eigenvalue weighted by atomic mass is 10.1. The van der Waals surface area contributed by atoms with Gasteiger partial charge < -0.3 is 15.0 Å². The summed E-state index contributed by atoms with van der Waals surface area (Å²) in [6.07, 6.45) is 0. The minimum Gasteiger partial charge on any atom is -0.497 e. The molecule has 208 valence electrons. The van der Waals surface area contributed by atoms with E-state index in [2.05, 4.69) is 5.32 Å². The molecular formula is C30H37N3O5S. The van der Waals surface area contributed by atoms with Gasteiger partial charge in [-0.3, -0.25) is 13.9 Å². The summed E-state index contributed by atoms with van der Waals surface area (Å²) in [7, 11) is -2.53. The van der Waals surface area contributed by atoms with Crippen LogP contribution in [0.1, 0.15) is 31.9 Å². The zero-order valence-corrected chi connectivity index (χ0v) is 23.9. The van der Waals surface area contributed by atoms with Crippen LogP contribution in [0.25, 0.3) is 0 Å². The van der Waals surface area contributed by atoms with E-state index in [1.54, 1.807) is 74.7 Å². The molecule has 8 nitrogen and oxygen atoms in total. The van der Waals surface area contributed by atoms with Gasteiger partial charge in [-0.05, 0) is 61.7 Å². The van der Waals surface area contributed by atoms with Gasteiger partial charge in [-0.2, -0.15) is 0 Å². The Balaban J connectivity index is 1.99. The maximum absolute atomic E-state index is 13.9. The minimum absolute atomic E-state index is 0.0758. The molecule has 0 spiro atoms. The molecular weight excluding hydrogens is 514 g/mol. The quantitative estimate of drug-likeness (QED) is 0.360. The van der Waals surface area contributed by atoms with E-state index in [-0.39, 0.29) is 23.3 Å². The fraction of sp³-hybridized carbons (Fsp3) is 0.333. The normalized spacial score (nSPS) is 12.1. The third-order valence-electron chi connectivity index (χ3n) is 6.27. The Morgan fingerprint density at radius 2 is 1.59 bits per heavy atom. The number of aryl methyl sites for hydroxylation is 1. The summed E-state index contributed by atoms with van der Waals surface area (Å²) in [5.74, 6) is 0.0266. The number of nitrogens with one attached hydrogen (secondary N) is 1. The first-order valence-corrected chi connectivity index (χ1v) is 14.3. The van der Waals surface area contributed by atoms with Crippen LogP contribution < -0.4 is 14.4 Å². The summed E-state index contributed by atoms with van der Waals surface area (Å²) in [5.41, 5.74) is 2.02. The van der Waals surface area contributed by atoms with Crippen LogP contribution in [0, 0.1) is 12.8 Å². The number of benzene rings is 3. The number of nitrogens with zero attached hydrogens (tertiary/aromatic N) is 2. The zero-order chi connectivity index (χ0) is 28.6. The number of anilines is 1. The number of hydrogen-bond donors (Lipinski definition) is 1. The molecule has 0 heterocycles. The minimum atomic E-state index is -4.09. The second kappa shape index (κ2) is 13.3. The average Bonchev–Trinajstić information content (AvgIpc) is 2.93. The van der Waals surface area contributed by atoms with Gasteiger partial charge in [-0.15, -0.1) is 0 Å². The molecule has 0 aromatic heterocycles.